The monoisotopic (exact) mass is 471 g/mol. The Bertz CT molecular complexity index is 816. The summed E-state index contributed by atoms with van der Waals surface area (Å²) in [6.45, 7) is 13.9. The number of anilines is 1. The molecule has 1 unspecified atom stereocenters. The summed E-state index contributed by atoms with van der Waals surface area (Å²) < 4.78 is 5.69. The average Bonchev–Trinajstić information content (AvgIpc) is 3.28. The molecule has 4 heteroatoms. The van der Waals surface area contributed by atoms with Gasteiger partial charge in [0.1, 0.15) is 5.76 Å². The molecule has 3 nitrogen and oxygen atoms in total. The fourth-order valence-electron chi connectivity index (χ4n) is 5.51. The number of allylic oxidation sites excluding steroid dienone is 3. The van der Waals surface area contributed by atoms with Crippen molar-refractivity contribution in [1.82, 2.24) is 0 Å². The molecule has 3 rings (SSSR count). The molecular weight excluding hydrogens is 426 g/mol. The molecule has 1 heterocycles. The van der Waals surface area contributed by atoms with Crippen molar-refractivity contribution in [3.63, 3.8) is 0 Å². The van der Waals surface area contributed by atoms with E-state index >= 15 is 0 Å². The SMILES string of the molecule is C=C(OC)c1sc(C2=CCCCC2)cc1N(C(=C)C1CCC(C)CC1)C(CCC)CCCO. The van der Waals surface area contributed by atoms with Crippen molar-refractivity contribution < 1.29 is 9.84 Å². The van der Waals surface area contributed by atoms with E-state index in [4.69, 9.17) is 11.3 Å². The minimum Gasteiger partial charge on any atom is -0.496 e. The Morgan fingerprint density at radius 2 is 1.97 bits per heavy atom. The predicted octanol–water partition coefficient (Wildman–Crippen LogP) is 8.41. The summed E-state index contributed by atoms with van der Waals surface area (Å²) in [6, 6.07) is 2.72. The van der Waals surface area contributed by atoms with Crippen LogP contribution in [0.4, 0.5) is 5.69 Å². The Hall–Kier alpha value is -1.52. The molecule has 0 aliphatic heterocycles. The van der Waals surface area contributed by atoms with Crippen LogP contribution in [0.3, 0.4) is 0 Å². The Morgan fingerprint density at radius 3 is 2.58 bits per heavy atom. The van der Waals surface area contributed by atoms with E-state index in [1.165, 1.54) is 66.8 Å². The van der Waals surface area contributed by atoms with Crippen molar-refractivity contribution >= 4 is 28.4 Å². The summed E-state index contributed by atoms with van der Waals surface area (Å²) in [5.41, 5.74) is 3.95. The molecule has 184 valence electrons. The van der Waals surface area contributed by atoms with Gasteiger partial charge in [-0.2, -0.15) is 0 Å². The van der Waals surface area contributed by atoms with Gasteiger partial charge in [-0.15, -0.1) is 11.3 Å². The molecule has 1 aromatic rings. The summed E-state index contributed by atoms with van der Waals surface area (Å²) in [6.07, 6.45) is 16.3. The first-order valence-corrected chi connectivity index (χ1v) is 14.0. The van der Waals surface area contributed by atoms with Gasteiger partial charge in [-0.3, -0.25) is 0 Å². The number of rotatable bonds is 12. The molecule has 1 saturated carbocycles. The smallest absolute Gasteiger partial charge is 0.131 e. The third kappa shape index (κ3) is 6.54. The van der Waals surface area contributed by atoms with E-state index in [9.17, 15) is 5.11 Å². The van der Waals surface area contributed by atoms with Gasteiger partial charge in [0.25, 0.3) is 0 Å². The summed E-state index contributed by atoms with van der Waals surface area (Å²) in [5.74, 6) is 2.08. The second-order valence-corrected chi connectivity index (χ2v) is 11.1. The van der Waals surface area contributed by atoms with Crippen molar-refractivity contribution in [3.05, 3.63) is 40.8 Å². The largest absolute Gasteiger partial charge is 0.496 e. The molecule has 0 radical (unpaired) electrons. The van der Waals surface area contributed by atoms with Crippen LogP contribution in [-0.2, 0) is 4.74 Å². The number of aliphatic hydroxyl groups excluding tert-OH is 1. The molecule has 0 bridgehead atoms. The van der Waals surface area contributed by atoms with Crippen molar-refractivity contribution in [2.45, 2.75) is 96.9 Å². The summed E-state index contributed by atoms with van der Waals surface area (Å²) in [5, 5.41) is 9.63. The van der Waals surface area contributed by atoms with Gasteiger partial charge in [0, 0.05) is 23.2 Å². The highest BCUT2D eigenvalue weighted by Crippen LogP contribution is 2.45. The Labute approximate surface area is 206 Å². The maximum Gasteiger partial charge on any atom is 0.131 e. The predicted molar refractivity (Wildman–Crippen MR) is 145 cm³/mol. The molecule has 0 saturated heterocycles. The van der Waals surface area contributed by atoms with Gasteiger partial charge in [0.05, 0.1) is 17.7 Å². The molecule has 0 aromatic carbocycles. The number of nitrogens with zero attached hydrogens (tertiary/aromatic N) is 1. The highest BCUT2D eigenvalue weighted by atomic mass is 32.1. The lowest BCUT2D eigenvalue weighted by molar-refractivity contribution is 0.275. The third-order valence-electron chi connectivity index (χ3n) is 7.56. The lowest BCUT2D eigenvalue weighted by Gasteiger charge is -2.40. The van der Waals surface area contributed by atoms with Crippen molar-refractivity contribution in [1.29, 1.82) is 0 Å². The number of aliphatic hydroxyl groups is 1. The first-order valence-electron chi connectivity index (χ1n) is 13.1. The maximum absolute atomic E-state index is 9.63. The average molecular weight is 472 g/mol. The lowest BCUT2D eigenvalue weighted by atomic mass is 9.80. The molecule has 1 atom stereocenters. The summed E-state index contributed by atoms with van der Waals surface area (Å²) in [7, 11) is 1.72. The van der Waals surface area contributed by atoms with Crippen molar-refractivity contribution in [2.75, 3.05) is 18.6 Å². The Balaban J connectivity index is 2.05. The van der Waals surface area contributed by atoms with Gasteiger partial charge in [-0.25, -0.2) is 0 Å². The maximum atomic E-state index is 9.63. The molecule has 1 N–H and O–H groups in total. The Kier molecular flexibility index (Phi) is 10.1. The van der Waals surface area contributed by atoms with Crippen LogP contribution in [0.25, 0.3) is 11.3 Å². The van der Waals surface area contributed by atoms with E-state index in [0.717, 1.165) is 48.7 Å². The van der Waals surface area contributed by atoms with Crippen LogP contribution >= 0.6 is 11.3 Å². The molecule has 0 amide bonds. The second kappa shape index (κ2) is 12.8. The third-order valence-corrected chi connectivity index (χ3v) is 8.80. The van der Waals surface area contributed by atoms with E-state index in [2.05, 4.69) is 37.5 Å². The van der Waals surface area contributed by atoms with Crippen LogP contribution in [0.15, 0.2) is 31.0 Å². The van der Waals surface area contributed by atoms with Crippen molar-refractivity contribution in [2.24, 2.45) is 11.8 Å². The molecule has 2 aliphatic rings. The van der Waals surface area contributed by atoms with Gasteiger partial charge in [0.15, 0.2) is 0 Å². The number of methoxy groups -OCH3 is 1. The normalized spacial score (nSPS) is 21.9. The fraction of sp³-hybridized carbons (Fsp3) is 0.655. The van der Waals surface area contributed by atoms with E-state index in [1.54, 1.807) is 7.11 Å². The van der Waals surface area contributed by atoms with Gasteiger partial charge in [-0.1, -0.05) is 52.3 Å². The summed E-state index contributed by atoms with van der Waals surface area (Å²) >= 11 is 1.83. The summed E-state index contributed by atoms with van der Waals surface area (Å²) in [4.78, 5) is 5.03. The first kappa shape index (κ1) is 26.1. The van der Waals surface area contributed by atoms with Crippen LogP contribution in [0.5, 0.6) is 0 Å². The lowest BCUT2D eigenvalue weighted by Crippen LogP contribution is -2.38. The van der Waals surface area contributed by atoms with Crippen LogP contribution < -0.4 is 4.90 Å². The van der Waals surface area contributed by atoms with E-state index in [-0.39, 0.29) is 6.61 Å². The topological polar surface area (TPSA) is 32.7 Å². The molecule has 1 fully saturated rings. The van der Waals surface area contributed by atoms with Crippen LogP contribution in [0.2, 0.25) is 0 Å². The number of thiophene rings is 1. The molecular formula is C29H45NO2S. The zero-order valence-corrected chi connectivity index (χ0v) is 22.0. The standard InChI is InChI=1S/C29H45NO2S/c1-6-11-26(14-10-19-31)30(22(3)24-17-15-21(2)16-18-24)27-20-28(25-12-8-7-9-13-25)33-29(27)23(4)32-5/h12,20-21,24,26,31H,3-4,6-11,13-19H2,1-2,5H3. The van der Waals surface area contributed by atoms with Gasteiger partial charge >= 0.3 is 0 Å². The minimum absolute atomic E-state index is 0.237. The second-order valence-electron chi connectivity index (χ2n) is 10.1. The van der Waals surface area contributed by atoms with Crippen molar-refractivity contribution in [3.8, 4) is 0 Å². The number of hydrogen-bond acceptors (Lipinski definition) is 4. The molecule has 0 spiro atoms. The van der Waals surface area contributed by atoms with Crippen LogP contribution in [0, 0.1) is 11.8 Å². The Morgan fingerprint density at radius 1 is 1.21 bits per heavy atom. The van der Waals surface area contributed by atoms with Gasteiger partial charge < -0.3 is 14.7 Å². The fourth-order valence-corrected chi connectivity index (χ4v) is 6.68. The first-order chi connectivity index (χ1) is 16.0. The molecule has 33 heavy (non-hydrogen) atoms. The van der Waals surface area contributed by atoms with E-state index in [0.29, 0.717) is 12.0 Å². The number of ether oxygens (including phenoxy) is 1. The minimum atomic E-state index is 0.237. The number of hydrogen-bond donors (Lipinski definition) is 1. The zero-order valence-electron chi connectivity index (χ0n) is 21.2. The highest BCUT2D eigenvalue weighted by molar-refractivity contribution is 7.14. The zero-order chi connectivity index (χ0) is 23.8. The van der Waals surface area contributed by atoms with Crippen LogP contribution in [-0.4, -0.2) is 24.9 Å². The molecule has 1 aromatic heterocycles. The quantitative estimate of drug-likeness (QED) is 0.311. The van der Waals surface area contributed by atoms with E-state index in [1.807, 2.05) is 11.3 Å². The van der Waals surface area contributed by atoms with E-state index < -0.39 is 0 Å². The van der Waals surface area contributed by atoms with Crippen LogP contribution in [0.1, 0.15) is 101 Å². The highest BCUT2D eigenvalue weighted by Gasteiger charge is 2.31. The van der Waals surface area contributed by atoms with Gasteiger partial charge in [0.2, 0.25) is 0 Å². The molecule has 2 aliphatic carbocycles. The van der Waals surface area contributed by atoms with Gasteiger partial charge in [-0.05, 0) is 81.3 Å².